The van der Waals surface area contributed by atoms with Crippen LogP contribution in [0.2, 0.25) is 0 Å². The molecule has 1 heterocycles. The Balaban J connectivity index is 1.51. The molecule has 1 atom stereocenters. The van der Waals surface area contributed by atoms with Crippen LogP contribution in [0.5, 0.6) is 5.75 Å². The van der Waals surface area contributed by atoms with Gasteiger partial charge in [-0.3, -0.25) is 9.10 Å². The van der Waals surface area contributed by atoms with Crippen molar-refractivity contribution in [1.82, 2.24) is 0 Å². The van der Waals surface area contributed by atoms with Crippen molar-refractivity contribution >= 4 is 44.6 Å². The van der Waals surface area contributed by atoms with Gasteiger partial charge in [-0.25, -0.2) is 17.6 Å². The summed E-state index contributed by atoms with van der Waals surface area (Å²) in [4.78, 5) is 24.1. The number of hydrogen-bond donors (Lipinski definition) is 1. The summed E-state index contributed by atoms with van der Waals surface area (Å²) in [5.74, 6) is -1.79. The van der Waals surface area contributed by atoms with Crippen molar-refractivity contribution < 1.29 is 31.9 Å². The fourth-order valence-electron chi connectivity index (χ4n) is 2.66. The first-order chi connectivity index (χ1) is 15.7. The lowest BCUT2D eigenvalue weighted by atomic mass is 10.3. The Labute approximate surface area is 194 Å². The molecule has 0 saturated heterocycles. The molecule has 8 nitrogen and oxygen atoms in total. The van der Waals surface area contributed by atoms with Gasteiger partial charge >= 0.3 is 5.97 Å². The zero-order valence-electron chi connectivity index (χ0n) is 17.7. The van der Waals surface area contributed by atoms with Crippen molar-refractivity contribution in [3.8, 4) is 5.75 Å². The summed E-state index contributed by atoms with van der Waals surface area (Å²) in [6.45, 7) is 0.882. The Morgan fingerprint density at radius 3 is 2.42 bits per heavy atom. The van der Waals surface area contributed by atoms with Crippen LogP contribution in [-0.2, 0) is 24.3 Å². The van der Waals surface area contributed by atoms with Crippen molar-refractivity contribution in [2.45, 2.75) is 17.2 Å². The summed E-state index contributed by atoms with van der Waals surface area (Å²) in [6, 6.07) is 14.9. The molecular weight excluding hydrogens is 471 g/mol. The highest BCUT2D eigenvalue weighted by Gasteiger charge is 2.22. The van der Waals surface area contributed by atoms with Crippen LogP contribution in [0.25, 0.3) is 0 Å². The zero-order valence-corrected chi connectivity index (χ0v) is 19.4. The van der Waals surface area contributed by atoms with Crippen LogP contribution >= 0.6 is 11.3 Å². The summed E-state index contributed by atoms with van der Waals surface area (Å²) in [6.07, 6.45) is -1.17. The van der Waals surface area contributed by atoms with E-state index < -0.39 is 40.4 Å². The molecule has 0 bridgehead atoms. The summed E-state index contributed by atoms with van der Waals surface area (Å²) >= 11 is 1.12. The highest BCUT2D eigenvalue weighted by atomic mass is 32.2. The number of ether oxygens (including phenoxy) is 2. The Bertz CT molecular complexity index is 1210. The quantitative estimate of drug-likeness (QED) is 0.458. The number of nitrogens with zero attached hydrogens (tertiary/aromatic N) is 1. The number of sulfonamides is 1. The molecule has 0 aliphatic heterocycles. The summed E-state index contributed by atoms with van der Waals surface area (Å²) < 4.78 is 50.5. The van der Waals surface area contributed by atoms with Crippen LogP contribution in [0.15, 0.2) is 70.3 Å². The third-order valence-electron chi connectivity index (χ3n) is 4.48. The molecular formula is C22H21FN2O6S2. The number of hydrogen-bond acceptors (Lipinski definition) is 7. The second-order valence-electron chi connectivity index (χ2n) is 6.79. The molecule has 0 radical (unpaired) electrons. The maximum atomic E-state index is 13.6. The van der Waals surface area contributed by atoms with Gasteiger partial charge in [0.05, 0.1) is 11.4 Å². The molecule has 0 spiro atoms. The van der Waals surface area contributed by atoms with Crippen LogP contribution in [0.4, 0.5) is 15.8 Å². The number of nitrogens with one attached hydrogen (secondary N) is 1. The third-order valence-corrected chi connectivity index (χ3v) is 7.63. The number of carbonyl (C=O) groups is 2. The topological polar surface area (TPSA) is 102 Å². The Kier molecular flexibility index (Phi) is 7.67. The normalized spacial score (nSPS) is 12.0. The van der Waals surface area contributed by atoms with E-state index in [1.807, 2.05) is 0 Å². The second kappa shape index (κ2) is 10.5. The molecule has 0 fully saturated rings. The maximum Gasteiger partial charge on any atom is 0.344 e. The molecule has 1 aromatic heterocycles. The molecule has 3 rings (SSSR count). The minimum absolute atomic E-state index is 0.0206. The number of anilines is 2. The van der Waals surface area contributed by atoms with Crippen molar-refractivity contribution in [2.24, 2.45) is 0 Å². The highest BCUT2D eigenvalue weighted by Crippen LogP contribution is 2.26. The predicted octanol–water partition coefficient (Wildman–Crippen LogP) is 3.66. The van der Waals surface area contributed by atoms with Crippen molar-refractivity contribution in [2.75, 3.05) is 23.3 Å². The molecule has 2 aromatic carbocycles. The first-order valence-corrected chi connectivity index (χ1v) is 12.0. The van der Waals surface area contributed by atoms with Gasteiger partial charge in [-0.15, -0.1) is 11.3 Å². The van der Waals surface area contributed by atoms with E-state index in [1.165, 1.54) is 62.5 Å². The number of halogens is 1. The largest absolute Gasteiger partial charge is 0.482 e. The molecule has 3 aromatic rings. The SMILES string of the molecule is CC(OC(=O)COc1ccc(N(C)S(=O)(=O)c2cccs2)cc1)C(=O)Nc1ccccc1F. The van der Waals surface area contributed by atoms with Crippen molar-refractivity contribution in [3.63, 3.8) is 0 Å². The van der Waals surface area contributed by atoms with Gasteiger partial charge in [0.15, 0.2) is 12.7 Å². The molecule has 1 amide bonds. The van der Waals surface area contributed by atoms with Crippen molar-refractivity contribution in [3.05, 3.63) is 71.9 Å². The fourth-order valence-corrected chi connectivity index (χ4v) is 5.02. The van der Waals surface area contributed by atoms with Crippen LogP contribution in [-0.4, -0.2) is 40.1 Å². The third kappa shape index (κ3) is 6.08. The van der Waals surface area contributed by atoms with Gasteiger partial charge in [-0.1, -0.05) is 18.2 Å². The number of para-hydroxylation sites is 1. The van der Waals surface area contributed by atoms with E-state index in [2.05, 4.69) is 5.32 Å². The smallest absolute Gasteiger partial charge is 0.344 e. The number of thiophene rings is 1. The Morgan fingerprint density at radius 2 is 1.79 bits per heavy atom. The number of esters is 1. The fraction of sp³-hybridized carbons (Fsp3) is 0.182. The minimum atomic E-state index is -3.66. The van der Waals surface area contributed by atoms with E-state index in [1.54, 1.807) is 17.5 Å². The highest BCUT2D eigenvalue weighted by molar-refractivity contribution is 7.94. The molecule has 1 unspecified atom stereocenters. The minimum Gasteiger partial charge on any atom is -0.482 e. The molecule has 11 heteroatoms. The van der Waals surface area contributed by atoms with E-state index in [0.29, 0.717) is 11.4 Å². The average molecular weight is 493 g/mol. The van der Waals surface area contributed by atoms with Gasteiger partial charge in [0.2, 0.25) is 0 Å². The first kappa shape index (κ1) is 24.2. The molecule has 0 aliphatic carbocycles. The van der Waals surface area contributed by atoms with Gasteiger partial charge in [-0.2, -0.15) is 0 Å². The van der Waals surface area contributed by atoms with Crippen LogP contribution in [0.3, 0.4) is 0 Å². The summed E-state index contributed by atoms with van der Waals surface area (Å²) in [5.41, 5.74) is 0.393. The Hall–Kier alpha value is -3.44. The van der Waals surface area contributed by atoms with Gasteiger partial charge in [0, 0.05) is 7.05 Å². The standard InChI is InChI=1S/C22H21FN2O6S2/c1-15(22(27)24-19-7-4-3-6-18(19)23)31-20(26)14-30-17-11-9-16(10-12-17)25(2)33(28,29)21-8-5-13-32-21/h3-13,15H,14H2,1-2H3,(H,24,27). The number of benzene rings is 2. The molecule has 0 saturated carbocycles. The summed E-state index contributed by atoms with van der Waals surface area (Å²) in [5, 5.41) is 4.02. The lowest BCUT2D eigenvalue weighted by Gasteiger charge is -2.18. The van der Waals surface area contributed by atoms with Crippen LogP contribution in [0.1, 0.15) is 6.92 Å². The predicted molar refractivity (Wildman–Crippen MR) is 122 cm³/mol. The van der Waals surface area contributed by atoms with Crippen LogP contribution in [0, 0.1) is 5.82 Å². The molecule has 33 heavy (non-hydrogen) atoms. The zero-order chi connectivity index (χ0) is 24.0. The van der Waals surface area contributed by atoms with Gasteiger partial charge in [0.25, 0.3) is 15.9 Å². The van der Waals surface area contributed by atoms with E-state index in [-0.39, 0.29) is 9.90 Å². The average Bonchev–Trinajstić information content (AvgIpc) is 3.35. The van der Waals surface area contributed by atoms with Gasteiger partial charge in [0.1, 0.15) is 15.8 Å². The van der Waals surface area contributed by atoms with Crippen LogP contribution < -0.4 is 14.4 Å². The lowest BCUT2D eigenvalue weighted by Crippen LogP contribution is -2.32. The van der Waals surface area contributed by atoms with E-state index in [0.717, 1.165) is 15.6 Å². The van der Waals surface area contributed by atoms with E-state index in [4.69, 9.17) is 9.47 Å². The van der Waals surface area contributed by atoms with Gasteiger partial charge < -0.3 is 14.8 Å². The first-order valence-electron chi connectivity index (χ1n) is 9.68. The second-order valence-corrected chi connectivity index (χ2v) is 9.93. The lowest BCUT2D eigenvalue weighted by molar-refractivity contribution is -0.155. The molecule has 0 aliphatic rings. The number of carbonyl (C=O) groups excluding carboxylic acids is 2. The maximum absolute atomic E-state index is 13.6. The van der Waals surface area contributed by atoms with Gasteiger partial charge in [-0.05, 0) is 54.8 Å². The monoisotopic (exact) mass is 492 g/mol. The van der Waals surface area contributed by atoms with Crippen molar-refractivity contribution in [1.29, 1.82) is 0 Å². The number of rotatable bonds is 9. The van der Waals surface area contributed by atoms with E-state index in [9.17, 15) is 22.4 Å². The molecule has 174 valence electrons. The Morgan fingerprint density at radius 1 is 1.09 bits per heavy atom. The van der Waals surface area contributed by atoms with E-state index >= 15 is 0 Å². The molecule has 1 N–H and O–H groups in total. The summed E-state index contributed by atoms with van der Waals surface area (Å²) in [7, 11) is -2.22. The number of amides is 1.